The average molecular weight is 533 g/mol. The fourth-order valence-electron chi connectivity index (χ4n) is 5.47. The molecule has 2 bridgehead atoms. The van der Waals surface area contributed by atoms with Crippen molar-refractivity contribution in [3.05, 3.63) is 70.3 Å². The number of rotatable bonds is 5. The summed E-state index contributed by atoms with van der Waals surface area (Å²) in [6, 6.07) is 8.10. The number of anilines is 2. The molecule has 3 amide bonds. The summed E-state index contributed by atoms with van der Waals surface area (Å²) in [6.45, 7) is 1.21. The maximum Gasteiger partial charge on any atom is 0.416 e. The number of alkyl halides is 3. The van der Waals surface area contributed by atoms with Gasteiger partial charge >= 0.3 is 12.1 Å². The Hall–Kier alpha value is -3.66. The van der Waals surface area contributed by atoms with E-state index in [2.05, 4.69) is 11.4 Å². The third kappa shape index (κ3) is 4.39. The van der Waals surface area contributed by atoms with Gasteiger partial charge in [0.1, 0.15) is 0 Å². The number of nitrogens with zero attached hydrogens (tertiary/aromatic N) is 1. The van der Waals surface area contributed by atoms with E-state index in [1.165, 1.54) is 29.2 Å². The Morgan fingerprint density at radius 1 is 1.08 bits per heavy atom. The molecule has 2 aromatic carbocycles. The van der Waals surface area contributed by atoms with E-state index < -0.39 is 30.2 Å². The lowest BCUT2D eigenvalue weighted by molar-refractivity contribution is -0.137. The van der Waals surface area contributed by atoms with Gasteiger partial charge < -0.3 is 10.1 Å². The summed E-state index contributed by atoms with van der Waals surface area (Å²) in [6.07, 6.45) is -1.72. The van der Waals surface area contributed by atoms with Crippen LogP contribution in [0.25, 0.3) is 0 Å². The molecule has 0 radical (unpaired) electrons. The number of hydrogen-bond acceptors (Lipinski definition) is 5. The molecule has 7 nitrogen and oxygen atoms in total. The van der Waals surface area contributed by atoms with Gasteiger partial charge in [-0.3, -0.25) is 19.3 Å². The highest BCUT2D eigenvalue weighted by atomic mass is 35.5. The van der Waals surface area contributed by atoms with Gasteiger partial charge in [-0.1, -0.05) is 23.3 Å². The Balaban J connectivity index is 1.20. The second kappa shape index (κ2) is 9.02. The number of carbonyl (C=O) groups excluding carboxylic acids is 4. The van der Waals surface area contributed by atoms with Gasteiger partial charge in [-0.05, 0) is 67.6 Å². The van der Waals surface area contributed by atoms with Crippen LogP contribution in [0.5, 0.6) is 0 Å². The van der Waals surface area contributed by atoms with Crippen molar-refractivity contribution in [1.29, 1.82) is 0 Å². The number of amides is 3. The smallest absolute Gasteiger partial charge is 0.416 e. The highest BCUT2D eigenvalue weighted by Gasteiger charge is 2.60. The summed E-state index contributed by atoms with van der Waals surface area (Å²) >= 11 is 5.85. The van der Waals surface area contributed by atoms with Crippen molar-refractivity contribution in [3.63, 3.8) is 0 Å². The molecule has 2 fully saturated rings. The largest absolute Gasteiger partial charge is 0.452 e. The summed E-state index contributed by atoms with van der Waals surface area (Å²) in [4.78, 5) is 51.7. The fourth-order valence-corrected chi connectivity index (χ4v) is 5.64. The van der Waals surface area contributed by atoms with Crippen molar-refractivity contribution in [3.8, 4) is 0 Å². The quantitative estimate of drug-likeness (QED) is 0.337. The minimum Gasteiger partial charge on any atom is -0.452 e. The number of ether oxygens (including phenoxy) is 1. The van der Waals surface area contributed by atoms with Crippen LogP contribution in [0.4, 0.5) is 24.5 Å². The highest BCUT2D eigenvalue weighted by Crippen LogP contribution is 2.55. The van der Waals surface area contributed by atoms with E-state index in [9.17, 15) is 32.3 Å². The van der Waals surface area contributed by atoms with Crippen LogP contribution in [0.2, 0.25) is 5.02 Å². The number of imide groups is 1. The Kier molecular flexibility index (Phi) is 6.10. The van der Waals surface area contributed by atoms with Crippen LogP contribution in [0, 0.1) is 23.7 Å². The topological polar surface area (TPSA) is 92.8 Å². The van der Waals surface area contributed by atoms with Crippen molar-refractivity contribution in [2.24, 2.45) is 23.7 Å². The third-order valence-electron chi connectivity index (χ3n) is 7.14. The van der Waals surface area contributed by atoms with E-state index in [4.69, 9.17) is 16.3 Å². The lowest BCUT2D eigenvalue weighted by Crippen LogP contribution is -2.33. The van der Waals surface area contributed by atoms with Gasteiger partial charge in [0.2, 0.25) is 11.8 Å². The Labute approximate surface area is 214 Å². The molecule has 0 unspecified atom stereocenters. The SMILES string of the molecule is CC1=C[C@H]2C[C@H]1[C@H]1C(=O)N(c3ccc(C(=O)OCC(=O)Nc4cc(C(F)(F)F)ccc4Cl)cc3)C(=O)[C@@H]12. The molecule has 192 valence electrons. The zero-order valence-corrected chi connectivity index (χ0v) is 20.1. The molecule has 1 aliphatic heterocycles. The number of fused-ring (bicyclic) bond motifs is 5. The number of benzene rings is 2. The van der Waals surface area contributed by atoms with Crippen molar-refractivity contribution in [2.45, 2.75) is 19.5 Å². The minimum atomic E-state index is -4.62. The van der Waals surface area contributed by atoms with Crippen molar-refractivity contribution < 1.29 is 37.1 Å². The fraction of sp³-hybridized carbons (Fsp3) is 0.308. The first-order valence-electron chi connectivity index (χ1n) is 11.5. The van der Waals surface area contributed by atoms with Gasteiger partial charge in [0.25, 0.3) is 5.91 Å². The highest BCUT2D eigenvalue weighted by molar-refractivity contribution is 6.33. The zero-order valence-electron chi connectivity index (χ0n) is 19.3. The number of halogens is 4. The van der Waals surface area contributed by atoms with Gasteiger partial charge in [0.15, 0.2) is 6.61 Å². The zero-order chi connectivity index (χ0) is 26.6. The lowest BCUT2D eigenvalue weighted by atomic mass is 9.82. The summed E-state index contributed by atoms with van der Waals surface area (Å²) in [5, 5.41) is 2.07. The molecule has 1 heterocycles. The van der Waals surface area contributed by atoms with Crippen LogP contribution in [0.3, 0.4) is 0 Å². The maximum absolute atomic E-state index is 13.0. The predicted molar refractivity (Wildman–Crippen MR) is 127 cm³/mol. The van der Waals surface area contributed by atoms with E-state index in [0.717, 1.165) is 24.1 Å². The molecule has 11 heteroatoms. The molecule has 1 saturated heterocycles. The van der Waals surface area contributed by atoms with E-state index in [1.807, 2.05) is 6.92 Å². The number of hydrogen-bond donors (Lipinski definition) is 1. The standard InChI is InChI=1S/C26H20ClF3N2O5/c1-12-8-14-9-17(12)22-21(14)23(34)32(24(22)35)16-5-2-13(3-6-16)25(36)37-11-20(33)31-19-10-15(26(28,29)30)4-7-18(19)27/h2-8,10,14,17,21-22H,9,11H2,1H3,(H,31,33)/t14-,17+,21+,22+/m0/s1. The molecule has 5 rings (SSSR count). The van der Waals surface area contributed by atoms with Gasteiger partial charge in [0, 0.05) is 0 Å². The van der Waals surface area contributed by atoms with E-state index in [-0.39, 0.29) is 51.8 Å². The van der Waals surface area contributed by atoms with E-state index in [1.54, 1.807) is 0 Å². The Bertz CT molecular complexity index is 1350. The number of nitrogens with one attached hydrogen (secondary N) is 1. The second-order valence-electron chi connectivity index (χ2n) is 9.34. The molecular formula is C26H20ClF3N2O5. The summed E-state index contributed by atoms with van der Waals surface area (Å²) in [7, 11) is 0. The monoisotopic (exact) mass is 532 g/mol. The first-order valence-corrected chi connectivity index (χ1v) is 11.8. The maximum atomic E-state index is 13.0. The van der Waals surface area contributed by atoms with Crippen LogP contribution in [0.15, 0.2) is 54.1 Å². The van der Waals surface area contributed by atoms with E-state index >= 15 is 0 Å². The van der Waals surface area contributed by atoms with Gasteiger partial charge in [0.05, 0.1) is 39.4 Å². The minimum absolute atomic E-state index is 0.0607. The van der Waals surface area contributed by atoms with Crippen LogP contribution in [-0.4, -0.2) is 30.3 Å². The molecule has 0 spiro atoms. The number of esters is 1. The van der Waals surface area contributed by atoms with Crippen LogP contribution >= 0.6 is 11.6 Å². The molecule has 1 saturated carbocycles. The van der Waals surface area contributed by atoms with Crippen LogP contribution in [-0.2, 0) is 25.3 Å². The van der Waals surface area contributed by atoms with Crippen molar-refractivity contribution in [2.75, 3.05) is 16.8 Å². The van der Waals surface area contributed by atoms with Gasteiger partial charge in [-0.2, -0.15) is 13.2 Å². The van der Waals surface area contributed by atoms with E-state index in [0.29, 0.717) is 11.8 Å². The first kappa shape index (κ1) is 25.0. The first-order chi connectivity index (χ1) is 17.5. The van der Waals surface area contributed by atoms with Crippen LogP contribution < -0.4 is 10.2 Å². The number of carbonyl (C=O) groups is 4. The molecule has 0 aromatic heterocycles. The summed E-state index contributed by atoms with van der Waals surface area (Å²) in [5.41, 5.74) is 0.277. The van der Waals surface area contributed by atoms with Crippen molar-refractivity contribution in [1.82, 2.24) is 0 Å². The molecule has 3 aliphatic rings. The Morgan fingerprint density at radius 3 is 2.43 bits per heavy atom. The molecule has 2 aliphatic carbocycles. The normalized spacial score (nSPS) is 24.2. The number of allylic oxidation sites excluding steroid dienone is 2. The van der Waals surface area contributed by atoms with Crippen molar-refractivity contribution >= 4 is 46.7 Å². The molecule has 4 atom stereocenters. The predicted octanol–water partition coefficient (Wildman–Crippen LogP) is 4.86. The van der Waals surface area contributed by atoms with Gasteiger partial charge in [-0.25, -0.2) is 4.79 Å². The van der Waals surface area contributed by atoms with Crippen LogP contribution in [0.1, 0.15) is 29.3 Å². The van der Waals surface area contributed by atoms with Gasteiger partial charge in [-0.15, -0.1) is 0 Å². The lowest BCUT2D eigenvalue weighted by Gasteiger charge is -2.19. The summed E-state index contributed by atoms with van der Waals surface area (Å²) < 4.78 is 43.6. The molecule has 37 heavy (non-hydrogen) atoms. The molecule has 1 N–H and O–H groups in total. The second-order valence-corrected chi connectivity index (χ2v) is 9.75. The molecular weight excluding hydrogens is 513 g/mol. The third-order valence-corrected chi connectivity index (χ3v) is 7.47. The Morgan fingerprint density at radius 2 is 1.76 bits per heavy atom. The molecule has 2 aromatic rings. The summed E-state index contributed by atoms with van der Waals surface area (Å²) in [5.74, 6) is -2.78. The average Bonchev–Trinajstić information content (AvgIpc) is 3.48.